The number of ether oxygens (including phenoxy) is 1. The lowest BCUT2D eigenvalue weighted by Crippen LogP contribution is -2.34. The Morgan fingerprint density at radius 1 is 1.22 bits per heavy atom. The van der Waals surface area contributed by atoms with Gasteiger partial charge in [0.15, 0.2) is 0 Å². The van der Waals surface area contributed by atoms with Crippen LogP contribution in [0, 0.1) is 17.8 Å². The van der Waals surface area contributed by atoms with Crippen molar-refractivity contribution in [1.29, 1.82) is 0 Å². The molecular weight excluding hydrogens is 220 g/mol. The van der Waals surface area contributed by atoms with Crippen LogP contribution in [0.5, 0.6) is 0 Å². The minimum atomic E-state index is 0.490. The van der Waals surface area contributed by atoms with E-state index in [0.29, 0.717) is 6.10 Å². The van der Waals surface area contributed by atoms with Crippen LogP contribution in [0.4, 0.5) is 0 Å². The molecule has 0 amide bonds. The molecule has 0 heterocycles. The number of hydrogen-bond acceptors (Lipinski definition) is 1. The van der Waals surface area contributed by atoms with E-state index >= 15 is 0 Å². The molecule has 0 aliphatic heterocycles. The van der Waals surface area contributed by atoms with E-state index in [2.05, 4.69) is 39.8 Å². The second kappa shape index (κ2) is 8.74. The van der Waals surface area contributed by atoms with Crippen LogP contribution in [0.25, 0.3) is 0 Å². The van der Waals surface area contributed by atoms with Gasteiger partial charge in [-0.05, 0) is 37.0 Å². The summed E-state index contributed by atoms with van der Waals surface area (Å²) in [4.78, 5) is 0. The van der Waals surface area contributed by atoms with E-state index in [4.69, 9.17) is 4.74 Å². The fourth-order valence-electron chi connectivity index (χ4n) is 2.99. The third-order valence-electron chi connectivity index (χ3n) is 4.26. The van der Waals surface area contributed by atoms with Crippen LogP contribution in [0.1, 0.15) is 66.2 Å². The second-order valence-corrected chi connectivity index (χ2v) is 6.31. The van der Waals surface area contributed by atoms with Crippen molar-refractivity contribution in [1.82, 2.24) is 0 Å². The van der Waals surface area contributed by atoms with Gasteiger partial charge in [0.25, 0.3) is 0 Å². The molecule has 1 rings (SSSR count). The second-order valence-electron chi connectivity index (χ2n) is 6.31. The van der Waals surface area contributed by atoms with Gasteiger partial charge in [-0.1, -0.05) is 59.1 Å². The molecule has 1 aliphatic carbocycles. The van der Waals surface area contributed by atoms with E-state index in [9.17, 15) is 0 Å². The molecule has 0 radical (unpaired) electrons. The average Bonchev–Trinajstić information content (AvgIpc) is 2.33. The summed E-state index contributed by atoms with van der Waals surface area (Å²) in [6, 6.07) is 0. The quantitative estimate of drug-likeness (QED) is 0.446. The third kappa shape index (κ3) is 5.56. The van der Waals surface area contributed by atoms with Crippen LogP contribution in [0.3, 0.4) is 0 Å². The zero-order valence-corrected chi connectivity index (χ0v) is 12.8. The standard InChI is InChI=1S/C17H32O/c1-5-6-7-8-9-12-18-17-13-15(4)10-11-16(17)14(2)3/h8-9,14-17H,5-7,10-13H2,1-4H3/b9-8+/t15-,16+,17-/m0/s1. The Morgan fingerprint density at radius 2 is 2.00 bits per heavy atom. The Balaban J connectivity index is 2.30. The van der Waals surface area contributed by atoms with Crippen molar-refractivity contribution >= 4 is 0 Å². The number of allylic oxidation sites excluding steroid dienone is 1. The molecule has 1 fully saturated rings. The lowest BCUT2D eigenvalue weighted by Gasteiger charge is -2.37. The molecule has 0 unspecified atom stereocenters. The summed E-state index contributed by atoms with van der Waals surface area (Å²) in [6.07, 6.45) is 12.8. The molecule has 1 heteroatoms. The highest BCUT2D eigenvalue weighted by Crippen LogP contribution is 2.35. The Kier molecular flexibility index (Phi) is 7.65. The molecular formula is C17H32O. The first kappa shape index (κ1) is 15.8. The van der Waals surface area contributed by atoms with E-state index in [1.807, 2.05) is 0 Å². The molecule has 1 nitrogen and oxygen atoms in total. The van der Waals surface area contributed by atoms with E-state index < -0.39 is 0 Å². The summed E-state index contributed by atoms with van der Waals surface area (Å²) >= 11 is 0. The number of unbranched alkanes of at least 4 members (excludes halogenated alkanes) is 2. The monoisotopic (exact) mass is 252 g/mol. The van der Waals surface area contributed by atoms with Gasteiger partial charge < -0.3 is 4.74 Å². The topological polar surface area (TPSA) is 9.23 Å². The first-order chi connectivity index (χ1) is 8.65. The third-order valence-corrected chi connectivity index (χ3v) is 4.26. The number of rotatable bonds is 7. The van der Waals surface area contributed by atoms with Gasteiger partial charge in [0.2, 0.25) is 0 Å². The highest BCUT2D eigenvalue weighted by atomic mass is 16.5. The van der Waals surface area contributed by atoms with Gasteiger partial charge in [0, 0.05) is 0 Å². The Bertz CT molecular complexity index is 232. The van der Waals surface area contributed by atoms with Gasteiger partial charge in [-0.3, -0.25) is 0 Å². The molecule has 0 aromatic heterocycles. The fourth-order valence-corrected chi connectivity index (χ4v) is 2.99. The predicted octanol–water partition coefficient (Wildman–Crippen LogP) is 5.21. The summed E-state index contributed by atoms with van der Waals surface area (Å²) < 4.78 is 6.12. The maximum atomic E-state index is 6.12. The minimum absolute atomic E-state index is 0.490. The maximum absolute atomic E-state index is 6.12. The summed E-state index contributed by atoms with van der Waals surface area (Å²) in [5, 5.41) is 0. The fraction of sp³-hybridized carbons (Fsp3) is 0.882. The smallest absolute Gasteiger partial charge is 0.0651 e. The molecule has 0 aromatic carbocycles. The van der Waals surface area contributed by atoms with Crippen molar-refractivity contribution in [3.05, 3.63) is 12.2 Å². The zero-order chi connectivity index (χ0) is 13.4. The molecule has 0 aromatic rings. The summed E-state index contributed by atoms with van der Waals surface area (Å²) in [6.45, 7) is 10.1. The van der Waals surface area contributed by atoms with Gasteiger partial charge in [-0.2, -0.15) is 0 Å². The van der Waals surface area contributed by atoms with E-state index in [-0.39, 0.29) is 0 Å². The van der Waals surface area contributed by atoms with Crippen LogP contribution in [-0.2, 0) is 4.74 Å². The van der Waals surface area contributed by atoms with Crippen LogP contribution in [0.2, 0.25) is 0 Å². The van der Waals surface area contributed by atoms with E-state index in [1.54, 1.807) is 0 Å². The van der Waals surface area contributed by atoms with Crippen LogP contribution in [-0.4, -0.2) is 12.7 Å². The highest BCUT2D eigenvalue weighted by Gasteiger charge is 2.30. The van der Waals surface area contributed by atoms with Gasteiger partial charge in [-0.25, -0.2) is 0 Å². The normalized spacial score (nSPS) is 29.3. The first-order valence-corrected chi connectivity index (χ1v) is 7.91. The number of hydrogen-bond donors (Lipinski definition) is 0. The van der Waals surface area contributed by atoms with Gasteiger partial charge >= 0.3 is 0 Å². The van der Waals surface area contributed by atoms with Crippen LogP contribution in [0.15, 0.2) is 12.2 Å². The van der Waals surface area contributed by atoms with Crippen molar-refractivity contribution in [3.63, 3.8) is 0 Å². The molecule has 1 aliphatic rings. The molecule has 18 heavy (non-hydrogen) atoms. The Morgan fingerprint density at radius 3 is 2.67 bits per heavy atom. The lowest BCUT2D eigenvalue weighted by atomic mass is 9.75. The molecule has 1 saturated carbocycles. The van der Waals surface area contributed by atoms with E-state index in [0.717, 1.165) is 24.4 Å². The lowest BCUT2D eigenvalue weighted by molar-refractivity contribution is -0.0262. The van der Waals surface area contributed by atoms with Crippen LogP contribution >= 0.6 is 0 Å². The molecule has 0 saturated heterocycles. The van der Waals surface area contributed by atoms with E-state index in [1.165, 1.54) is 38.5 Å². The van der Waals surface area contributed by atoms with Crippen molar-refractivity contribution in [2.45, 2.75) is 72.3 Å². The van der Waals surface area contributed by atoms with Gasteiger partial charge in [0.05, 0.1) is 12.7 Å². The largest absolute Gasteiger partial charge is 0.374 e. The Labute approximate surface area is 114 Å². The van der Waals surface area contributed by atoms with Crippen molar-refractivity contribution in [2.24, 2.45) is 17.8 Å². The SMILES string of the molecule is CCCC/C=C/CO[C@H]1C[C@@H](C)CC[C@@H]1C(C)C. The van der Waals surface area contributed by atoms with Gasteiger partial charge in [0.1, 0.15) is 0 Å². The molecule has 3 atom stereocenters. The van der Waals surface area contributed by atoms with Crippen molar-refractivity contribution in [3.8, 4) is 0 Å². The molecule has 0 bridgehead atoms. The Hall–Kier alpha value is -0.300. The molecule has 0 N–H and O–H groups in total. The molecule has 106 valence electrons. The summed E-state index contributed by atoms with van der Waals surface area (Å²) in [5.74, 6) is 2.37. The summed E-state index contributed by atoms with van der Waals surface area (Å²) in [5.41, 5.74) is 0. The summed E-state index contributed by atoms with van der Waals surface area (Å²) in [7, 11) is 0. The van der Waals surface area contributed by atoms with Crippen LogP contribution < -0.4 is 0 Å². The first-order valence-electron chi connectivity index (χ1n) is 7.91. The highest BCUT2D eigenvalue weighted by molar-refractivity contribution is 4.85. The average molecular weight is 252 g/mol. The zero-order valence-electron chi connectivity index (χ0n) is 12.8. The maximum Gasteiger partial charge on any atom is 0.0651 e. The van der Waals surface area contributed by atoms with Crippen molar-refractivity contribution in [2.75, 3.05) is 6.61 Å². The van der Waals surface area contributed by atoms with Crippen molar-refractivity contribution < 1.29 is 4.74 Å². The minimum Gasteiger partial charge on any atom is -0.374 e. The predicted molar refractivity (Wildman–Crippen MR) is 79.7 cm³/mol. The molecule has 0 spiro atoms. The van der Waals surface area contributed by atoms with Gasteiger partial charge in [-0.15, -0.1) is 0 Å².